The van der Waals surface area contributed by atoms with Crippen molar-refractivity contribution < 1.29 is 9.53 Å². The molecule has 0 fully saturated rings. The second kappa shape index (κ2) is 10.0. The van der Waals surface area contributed by atoms with Crippen molar-refractivity contribution >= 4 is 11.9 Å². The van der Waals surface area contributed by atoms with Crippen molar-refractivity contribution in [3.63, 3.8) is 0 Å². The Hall–Kier alpha value is -2.24. The van der Waals surface area contributed by atoms with E-state index in [0.29, 0.717) is 25.0 Å². The minimum atomic E-state index is -0.523. The van der Waals surface area contributed by atoms with Gasteiger partial charge in [0.1, 0.15) is 5.75 Å². The number of rotatable bonds is 8. The first-order valence-electron chi connectivity index (χ1n) is 9.11. The number of amides is 1. The van der Waals surface area contributed by atoms with Crippen LogP contribution in [0.5, 0.6) is 5.75 Å². The van der Waals surface area contributed by atoms with Gasteiger partial charge >= 0.3 is 0 Å². The van der Waals surface area contributed by atoms with Crippen molar-refractivity contribution in [2.75, 3.05) is 27.2 Å². The highest BCUT2D eigenvalue weighted by Gasteiger charge is 2.26. The Morgan fingerprint density at radius 1 is 1.19 bits per heavy atom. The zero-order chi connectivity index (χ0) is 19.7. The first kappa shape index (κ1) is 21.8. The Morgan fingerprint density at radius 3 is 2.31 bits per heavy atom. The molecule has 0 aliphatic rings. The molecule has 0 radical (unpaired) electrons. The quantitative estimate of drug-likeness (QED) is 0.491. The monoisotopic (exact) mass is 362 g/mol. The van der Waals surface area contributed by atoms with Crippen LogP contribution >= 0.6 is 0 Å². The normalized spacial score (nSPS) is 13.3. The van der Waals surface area contributed by atoms with E-state index in [1.54, 1.807) is 14.1 Å². The van der Waals surface area contributed by atoms with Crippen molar-refractivity contribution in [2.24, 2.45) is 16.3 Å². The Bertz CT molecular complexity index is 594. The zero-order valence-electron chi connectivity index (χ0n) is 17.1. The molecular formula is C20H34N4O2. The number of aliphatic imine (C=N–C) groups is 1. The molecule has 1 atom stereocenters. The van der Waals surface area contributed by atoms with Crippen molar-refractivity contribution in [2.45, 2.75) is 40.7 Å². The Balaban J connectivity index is 2.61. The molecule has 0 saturated heterocycles. The lowest BCUT2D eigenvalue weighted by molar-refractivity contribution is -0.128. The van der Waals surface area contributed by atoms with Crippen LogP contribution in [-0.4, -0.2) is 39.1 Å². The smallest absolute Gasteiger partial charge is 0.227 e. The van der Waals surface area contributed by atoms with Crippen molar-refractivity contribution in [1.82, 2.24) is 16.0 Å². The third-order valence-electron chi connectivity index (χ3n) is 4.08. The standard InChI is InChI=1S/C20H34N4O2/c1-14(2)12-26-17-10-8-16(9-11-17)15(3)24-19(22-7)23-13-20(4,5)18(25)21-6/h8-11,14-15H,12-13H2,1-7H3,(H,21,25)(H2,22,23,24). The van der Waals surface area contributed by atoms with Crippen LogP contribution in [0.15, 0.2) is 29.3 Å². The van der Waals surface area contributed by atoms with E-state index >= 15 is 0 Å². The highest BCUT2D eigenvalue weighted by Crippen LogP contribution is 2.18. The lowest BCUT2D eigenvalue weighted by atomic mass is 9.92. The van der Waals surface area contributed by atoms with Crippen LogP contribution < -0.4 is 20.7 Å². The summed E-state index contributed by atoms with van der Waals surface area (Å²) in [4.78, 5) is 16.1. The van der Waals surface area contributed by atoms with Gasteiger partial charge in [-0.15, -0.1) is 0 Å². The zero-order valence-corrected chi connectivity index (χ0v) is 17.1. The molecule has 0 aliphatic heterocycles. The number of nitrogens with zero attached hydrogens (tertiary/aromatic N) is 1. The summed E-state index contributed by atoms with van der Waals surface area (Å²) in [5.74, 6) is 2.04. The van der Waals surface area contributed by atoms with Gasteiger partial charge in [-0.3, -0.25) is 9.79 Å². The predicted molar refractivity (Wildman–Crippen MR) is 108 cm³/mol. The van der Waals surface area contributed by atoms with Crippen LogP contribution in [0.1, 0.15) is 46.2 Å². The van der Waals surface area contributed by atoms with Crippen LogP contribution in [0, 0.1) is 11.3 Å². The van der Waals surface area contributed by atoms with E-state index in [9.17, 15) is 4.79 Å². The molecule has 0 aromatic heterocycles. The van der Waals surface area contributed by atoms with Crippen LogP contribution in [-0.2, 0) is 4.79 Å². The largest absolute Gasteiger partial charge is 0.493 e. The van der Waals surface area contributed by atoms with Crippen LogP contribution in [0.4, 0.5) is 0 Å². The molecule has 1 rings (SSSR count). The Labute approximate surface area is 157 Å². The molecule has 3 N–H and O–H groups in total. The summed E-state index contributed by atoms with van der Waals surface area (Å²) in [6, 6.07) is 8.15. The second-order valence-electron chi connectivity index (χ2n) is 7.53. The Morgan fingerprint density at radius 2 is 1.81 bits per heavy atom. The van der Waals surface area contributed by atoms with Gasteiger partial charge in [0, 0.05) is 20.6 Å². The lowest BCUT2D eigenvalue weighted by Crippen LogP contribution is -2.47. The molecule has 1 unspecified atom stereocenters. The third-order valence-corrected chi connectivity index (χ3v) is 4.08. The van der Waals surface area contributed by atoms with E-state index in [1.165, 1.54) is 0 Å². The van der Waals surface area contributed by atoms with Gasteiger partial charge in [0.15, 0.2) is 5.96 Å². The molecule has 1 amide bonds. The minimum absolute atomic E-state index is 0.00881. The van der Waals surface area contributed by atoms with Crippen LogP contribution in [0.3, 0.4) is 0 Å². The van der Waals surface area contributed by atoms with E-state index < -0.39 is 5.41 Å². The van der Waals surface area contributed by atoms with Gasteiger partial charge in [0.25, 0.3) is 0 Å². The van der Waals surface area contributed by atoms with Crippen LogP contribution in [0.2, 0.25) is 0 Å². The average molecular weight is 363 g/mol. The molecule has 0 saturated carbocycles. The van der Waals surface area contributed by atoms with E-state index in [2.05, 4.69) is 53.8 Å². The fourth-order valence-electron chi connectivity index (χ4n) is 2.32. The van der Waals surface area contributed by atoms with Crippen molar-refractivity contribution in [1.29, 1.82) is 0 Å². The predicted octanol–water partition coefficient (Wildman–Crippen LogP) is 2.72. The SMILES string of the molecule is CN=C(NCC(C)(C)C(=O)NC)NC(C)c1ccc(OCC(C)C)cc1. The highest BCUT2D eigenvalue weighted by molar-refractivity contribution is 5.84. The third kappa shape index (κ3) is 6.94. The number of carbonyl (C=O) groups is 1. The number of hydrogen-bond acceptors (Lipinski definition) is 3. The van der Waals surface area contributed by atoms with Crippen LogP contribution in [0.25, 0.3) is 0 Å². The summed E-state index contributed by atoms with van der Waals surface area (Å²) in [5.41, 5.74) is 0.612. The molecular weight excluding hydrogens is 328 g/mol. The van der Waals surface area contributed by atoms with Crippen molar-refractivity contribution in [3.8, 4) is 5.75 Å². The van der Waals surface area contributed by atoms with Gasteiger partial charge in [0.2, 0.25) is 5.91 Å². The van der Waals surface area contributed by atoms with Gasteiger partial charge in [-0.25, -0.2) is 0 Å². The van der Waals surface area contributed by atoms with Gasteiger partial charge in [-0.1, -0.05) is 26.0 Å². The summed E-state index contributed by atoms with van der Waals surface area (Å²) in [7, 11) is 3.37. The molecule has 0 aliphatic carbocycles. The number of nitrogens with one attached hydrogen (secondary N) is 3. The molecule has 0 heterocycles. The second-order valence-corrected chi connectivity index (χ2v) is 7.53. The maximum Gasteiger partial charge on any atom is 0.227 e. The molecule has 26 heavy (non-hydrogen) atoms. The van der Waals surface area contributed by atoms with E-state index in [4.69, 9.17) is 4.74 Å². The van der Waals surface area contributed by atoms with E-state index in [0.717, 1.165) is 11.3 Å². The number of ether oxygens (including phenoxy) is 1. The van der Waals surface area contributed by atoms with Gasteiger partial charge in [-0.05, 0) is 44.4 Å². The molecule has 1 aromatic rings. The number of hydrogen-bond donors (Lipinski definition) is 3. The van der Waals surface area contributed by atoms with Crippen molar-refractivity contribution in [3.05, 3.63) is 29.8 Å². The van der Waals surface area contributed by atoms with E-state index in [1.807, 2.05) is 26.0 Å². The molecule has 6 nitrogen and oxygen atoms in total. The van der Waals surface area contributed by atoms with Gasteiger partial charge in [-0.2, -0.15) is 0 Å². The topological polar surface area (TPSA) is 74.8 Å². The highest BCUT2D eigenvalue weighted by atomic mass is 16.5. The maximum atomic E-state index is 11.9. The minimum Gasteiger partial charge on any atom is -0.493 e. The number of guanidine groups is 1. The summed E-state index contributed by atoms with van der Waals surface area (Å²) in [5, 5.41) is 9.26. The Kier molecular flexibility index (Phi) is 8.42. The molecule has 1 aromatic carbocycles. The summed E-state index contributed by atoms with van der Waals surface area (Å²) in [6.45, 7) is 11.3. The van der Waals surface area contributed by atoms with Gasteiger partial charge in [0.05, 0.1) is 18.1 Å². The summed E-state index contributed by atoms with van der Waals surface area (Å²) in [6.07, 6.45) is 0. The first-order chi connectivity index (χ1) is 12.2. The van der Waals surface area contributed by atoms with E-state index in [-0.39, 0.29) is 11.9 Å². The molecule has 0 spiro atoms. The fraction of sp³-hybridized carbons (Fsp3) is 0.600. The molecule has 0 bridgehead atoms. The first-order valence-corrected chi connectivity index (χ1v) is 9.11. The molecule has 6 heteroatoms. The maximum absolute atomic E-state index is 11.9. The number of benzene rings is 1. The molecule has 146 valence electrons. The number of carbonyl (C=O) groups excluding carboxylic acids is 1. The fourth-order valence-corrected chi connectivity index (χ4v) is 2.32. The van der Waals surface area contributed by atoms with Gasteiger partial charge < -0.3 is 20.7 Å². The average Bonchev–Trinajstić information content (AvgIpc) is 2.62. The lowest BCUT2D eigenvalue weighted by Gasteiger charge is -2.25. The summed E-state index contributed by atoms with van der Waals surface area (Å²) < 4.78 is 5.72. The summed E-state index contributed by atoms with van der Waals surface area (Å²) >= 11 is 0.